The maximum Gasteiger partial charge on any atom is 0.245 e. The molecule has 5 nitrogen and oxygen atoms in total. The van der Waals surface area contributed by atoms with Crippen molar-refractivity contribution in [3.05, 3.63) is 58.6 Å². The Kier molecular flexibility index (Phi) is 6.31. The van der Waals surface area contributed by atoms with Gasteiger partial charge in [-0.25, -0.2) is 8.42 Å². The predicted molar refractivity (Wildman–Crippen MR) is 108 cm³/mol. The molecule has 0 atom stereocenters. The lowest BCUT2D eigenvalue weighted by atomic mass is 10.0. The minimum Gasteiger partial charge on any atom is -0.324 e. The van der Waals surface area contributed by atoms with Crippen LogP contribution in [0.2, 0.25) is 5.02 Å². The lowest BCUT2D eigenvalue weighted by molar-refractivity contribution is -0.114. The predicted octanol–water partition coefficient (Wildman–Crippen LogP) is 4.18. The van der Waals surface area contributed by atoms with Crippen molar-refractivity contribution in [1.29, 1.82) is 0 Å². The molecule has 1 N–H and O–H groups in total. The monoisotopic (exact) mass is 394 g/mol. The summed E-state index contributed by atoms with van der Waals surface area (Å²) in [6.07, 6.45) is 1.08. The summed E-state index contributed by atoms with van der Waals surface area (Å²) in [4.78, 5) is 12.4. The Bertz CT molecular complexity index is 894. The second-order valence-corrected chi connectivity index (χ2v) is 8.84. The zero-order chi connectivity index (χ0) is 19.5. The molecule has 140 valence electrons. The molecule has 7 heteroatoms. The van der Waals surface area contributed by atoms with Crippen LogP contribution in [-0.2, 0) is 14.8 Å². The fourth-order valence-corrected chi connectivity index (χ4v) is 3.46. The SMILES string of the molecule is Cc1ccc(NC(=O)CN(c2ccc(C(C)C)cc2)S(C)(=O)=O)cc1Cl. The van der Waals surface area contributed by atoms with Gasteiger partial charge in [0.25, 0.3) is 0 Å². The van der Waals surface area contributed by atoms with E-state index < -0.39 is 15.9 Å². The molecule has 0 saturated carbocycles. The number of anilines is 2. The first-order valence-electron chi connectivity index (χ1n) is 8.21. The van der Waals surface area contributed by atoms with E-state index in [9.17, 15) is 13.2 Å². The molecule has 0 bridgehead atoms. The number of sulfonamides is 1. The Morgan fingerprint density at radius 3 is 2.27 bits per heavy atom. The number of amides is 1. The zero-order valence-corrected chi connectivity index (χ0v) is 16.9. The van der Waals surface area contributed by atoms with Gasteiger partial charge >= 0.3 is 0 Å². The number of hydrogen-bond acceptors (Lipinski definition) is 3. The quantitative estimate of drug-likeness (QED) is 0.799. The minimum atomic E-state index is -3.61. The highest BCUT2D eigenvalue weighted by Gasteiger charge is 2.21. The number of carbonyl (C=O) groups excluding carboxylic acids is 1. The van der Waals surface area contributed by atoms with Crippen molar-refractivity contribution < 1.29 is 13.2 Å². The number of hydrogen-bond donors (Lipinski definition) is 1. The summed E-state index contributed by atoms with van der Waals surface area (Å²) in [5.74, 6) is -0.103. The molecule has 2 aromatic carbocycles. The van der Waals surface area contributed by atoms with Gasteiger partial charge in [0, 0.05) is 10.7 Å². The molecule has 0 aliphatic rings. The summed E-state index contributed by atoms with van der Waals surface area (Å²) >= 11 is 6.05. The third-order valence-electron chi connectivity index (χ3n) is 3.99. The molecule has 0 heterocycles. The first-order valence-corrected chi connectivity index (χ1v) is 10.4. The van der Waals surface area contributed by atoms with Gasteiger partial charge in [-0.3, -0.25) is 9.10 Å². The van der Waals surface area contributed by atoms with Crippen LogP contribution in [0.25, 0.3) is 0 Å². The summed E-state index contributed by atoms with van der Waals surface area (Å²) in [6, 6.07) is 12.3. The molecule has 0 aliphatic heterocycles. The summed E-state index contributed by atoms with van der Waals surface area (Å²) < 4.78 is 25.4. The molecular formula is C19H23ClN2O3S. The summed E-state index contributed by atoms with van der Waals surface area (Å²) in [7, 11) is -3.61. The molecule has 1 amide bonds. The summed E-state index contributed by atoms with van der Waals surface area (Å²) in [5, 5.41) is 3.22. The summed E-state index contributed by atoms with van der Waals surface area (Å²) in [5.41, 5.74) is 2.97. The zero-order valence-electron chi connectivity index (χ0n) is 15.3. The van der Waals surface area contributed by atoms with Crippen molar-refractivity contribution in [1.82, 2.24) is 0 Å². The number of nitrogens with zero attached hydrogens (tertiary/aromatic N) is 1. The highest BCUT2D eigenvalue weighted by molar-refractivity contribution is 7.92. The van der Waals surface area contributed by atoms with Gasteiger partial charge in [-0.15, -0.1) is 0 Å². The van der Waals surface area contributed by atoms with E-state index in [-0.39, 0.29) is 6.54 Å². The van der Waals surface area contributed by atoms with Gasteiger partial charge in [-0.2, -0.15) is 0 Å². The maximum atomic E-state index is 12.4. The highest BCUT2D eigenvalue weighted by atomic mass is 35.5. The van der Waals surface area contributed by atoms with Crippen LogP contribution >= 0.6 is 11.6 Å². The first-order chi connectivity index (χ1) is 12.1. The van der Waals surface area contributed by atoms with Crippen LogP contribution in [0.15, 0.2) is 42.5 Å². The second-order valence-electron chi connectivity index (χ2n) is 6.53. The van der Waals surface area contributed by atoms with Gasteiger partial charge in [0.2, 0.25) is 15.9 Å². The van der Waals surface area contributed by atoms with Crippen LogP contribution in [0.4, 0.5) is 11.4 Å². The number of rotatable bonds is 6. The molecule has 0 aromatic heterocycles. The molecular weight excluding hydrogens is 372 g/mol. The molecule has 0 spiro atoms. The second kappa shape index (κ2) is 8.10. The van der Waals surface area contributed by atoms with E-state index in [1.54, 1.807) is 30.3 Å². The molecule has 0 unspecified atom stereocenters. The van der Waals surface area contributed by atoms with E-state index in [0.29, 0.717) is 22.3 Å². The standard InChI is InChI=1S/C19H23ClN2O3S/c1-13(2)15-6-9-17(10-7-15)22(26(4,24)25)12-19(23)21-16-8-5-14(3)18(20)11-16/h5-11,13H,12H2,1-4H3,(H,21,23). The van der Waals surface area contributed by atoms with E-state index in [1.807, 2.05) is 19.1 Å². The molecule has 2 aromatic rings. The van der Waals surface area contributed by atoms with E-state index in [1.165, 1.54) is 0 Å². The fourth-order valence-electron chi connectivity index (χ4n) is 2.43. The Labute approximate surface area is 160 Å². The molecule has 26 heavy (non-hydrogen) atoms. The third kappa shape index (κ3) is 5.22. The molecule has 0 saturated heterocycles. The van der Waals surface area contributed by atoms with Crippen molar-refractivity contribution in [2.24, 2.45) is 0 Å². The molecule has 0 fully saturated rings. The van der Waals surface area contributed by atoms with Crippen molar-refractivity contribution in [3.63, 3.8) is 0 Å². The average Bonchev–Trinajstić information content (AvgIpc) is 2.55. The van der Waals surface area contributed by atoms with Gasteiger partial charge in [-0.1, -0.05) is 43.6 Å². The van der Waals surface area contributed by atoms with Crippen LogP contribution in [0.5, 0.6) is 0 Å². The Balaban J connectivity index is 2.19. The topological polar surface area (TPSA) is 66.5 Å². The number of halogens is 1. The Morgan fingerprint density at radius 1 is 1.15 bits per heavy atom. The van der Waals surface area contributed by atoms with E-state index in [4.69, 9.17) is 11.6 Å². The van der Waals surface area contributed by atoms with E-state index in [2.05, 4.69) is 19.2 Å². The van der Waals surface area contributed by atoms with Gasteiger partial charge in [0.05, 0.1) is 11.9 Å². The third-order valence-corrected chi connectivity index (χ3v) is 5.54. The Morgan fingerprint density at radius 2 is 1.77 bits per heavy atom. The lowest BCUT2D eigenvalue weighted by Gasteiger charge is -2.22. The van der Waals surface area contributed by atoms with Crippen LogP contribution in [0.3, 0.4) is 0 Å². The number of nitrogens with one attached hydrogen (secondary N) is 1. The van der Waals surface area contributed by atoms with Crippen LogP contribution < -0.4 is 9.62 Å². The van der Waals surface area contributed by atoms with Crippen LogP contribution in [0, 0.1) is 6.92 Å². The molecule has 0 radical (unpaired) electrons. The van der Waals surface area contributed by atoms with Gasteiger partial charge in [0.15, 0.2) is 0 Å². The summed E-state index contributed by atoms with van der Waals surface area (Å²) in [6.45, 7) is 5.67. The average molecular weight is 395 g/mol. The highest BCUT2D eigenvalue weighted by Crippen LogP contribution is 2.23. The van der Waals surface area contributed by atoms with E-state index >= 15 is 0 Å². The van der Waals surface area contributed by atoms with Crippen molar-refractivity contribution >= 4 is 38.9 Å². The van der Waals surface area contributed by atoms with Gasteiger partial charge in [0.1, 0.15) is 6.54 Å². The van der Waals surface area contributed by atoms with E-state index in [0.717, 1.165) is 21.7 Å². The smallest absolute Gasteiger partial charge is 0.245 e. The first kappa shape index (κ1) is 20.3. The number of carbonyl (C=O) groups is 1. The van der Waals surface area contributed by atoms with Crippen molar-refractivity contribution in [2.75, 3.05) is 22.4 Å². The van der Waals surface area contributed by atoms with Crippen LogP contribution in [-0.4, -0.2) is 27.1 Å². The van der Waals surface area contributed by atoms with Crippen LogP contribution in [0.1, 0.15) is 30.9 Å². The van der Waals surface area contributed by atoms with Gasteiger partial charge in [-0.05, 0) is 48.2 Å². The van der Waals surface area contributed by atoms with Crippen molar-refractivity contribution in [2.45, 2.75) is 26.7 Å². The fraction of sp³-hybridized carbons (Fsp3) is 0.316. The number of aryl methyl sites for hydroxylation is 1. The largest absolute Gasteiger partial charge is 0.324 e. The van der Waals surface area contributed by atoms with Crippen molar-refractivity contribution in [3.8, 4) is 0 Å². The normalized spacial score (nSPS) is 11.5. The number of benzene rings is 2. The Hall–Kier alpha value is -2.05. The maximum absolute atomic E-state index is 12.4. The molecule has 2 rings (SSSR count). The molecule has 0 aliphatic carbocycles. The lowest BCUT2D eigenvalue weighted by Crippen LogP contribution is -2.37. The van der Waals surface area contributed by atoms with Gasteiger partial charge < -0.3 is 5.32 Å². The minimum absolute atomic E-state index is 0.314.